The number of hydrogen-bond donors (Lipinski definition) is 1. The molecule has 3 fully saturated rings. The van der Waals surface area contributed by atoms with Crippen LogP contribution in [0, 0.1) is 12.8 Å². The quantitative estimate of drug-likeness (QED) is 0.849. The molecule has 1 N–H and O–H groups in total. The molecule has 5 nitrogen and oxygen atoms in total. The number of likely N-dealkylation sites (tertiary alicyclic amines) is 1. The third-order valence-electron chi connectivity index (χ3n) is 7.16. The van der Waals surface area contributed by atoms with Crippen LogP contribution >= 0.6 is 0 Å². The Morgan fingerprint density at radius 2 is 1.75 bits per heavy atom. The number of aromatic nitrogens is 2. The molecule has 1 saturated heterocycles. The molecule has 0 spiro atoms. The minimum absolute atomic E-state index is 0.0485. The van der Waals surface area contributed by atoms with Crippen LogP contribution in [-0.2, 0) is 4.74 Å². The van der Waals surface area contributed by atoms with Crippen LogP contribution in [-0.4, -0.2) is 46.3 Å². The van der Waals surface area contributed by atoms with Gasteiger partial charge in [-0.05, 0) is 81.9 Å². The van der Waals surface area contributed by atoms with Gasteiger partial charge in [0.15, 0.2) is 0 Å². The molecule has 2 saturated carbocycles. The van der Waals surface area contributed by atoms with Gasteiger partial charge in [-0.2, -0.15) is 0 Å². The van der Waals surface area contributed by atoms with Crippen molar-refractivity contribution < 1.29 is 4.74 Å². The van der Waals surface area contributed by atoms with E-state index in [-0.39, 0.29) is 5.69 Å². The number of nitrogens with zero attached hydrogens (tertiary/aromatic N) is 2. The maximum atomic E-state index is 12.6. The van der Waals surface area contributed by atoms with Crippen LogP contribution in [0.25, 0.3) is 11.0 Å². The third kappa shape index (κ3) is 3.79. The number of aromatic amines is 1. The highest BCUT2D eigenvalue weighted by molar-refractivity contribution is 5.76. The standard InChI is InChI=1S/C23H33N3O2/c1-16-2-9-21-22(14-16)26(23(27)24-21)19-10-12-25(13-11-19)18-5-7-20(8-6-18)28-15-17-3-4-17/h2,9,14,17-20H,3-8,10-13,15H2,1H3,(H,24,27)/t18-,20+. The molecule has 152 valence electrons. The average molecular weight is 384 g/mol. The molecule has 5 rings (SSSR count). The highest BCUT2D eigenvalue weighted by Gasteiger charge is 2.31. The predicted octanol–water partition coefficient (Wildman–Crippen LogP) is 4.01. The van der Waals surface area contributed by atoms with Gasteiger partial charge in [0.1, 0.15) is 0 Å². The normalized spacial score (nSPS) is 27.5. The summed E-state index contributed by atoms with van der Waals surface area (Å²) in [5, 5.41) is 0. The zero-order chi connectivity index (χ0) is 19.1. The van der Waals surface area contributed by atoms with Gasteiger partial charge < -0.3 is 14.6 Å². The molecule has 1 aromatic carbocycles. The summed E-state index contributed by atoms with van der Waals surface area (Å²) in [5.41, 5.74) is 3.28. The lowest BCUT2D eigenvalue weighted by Gasteiger charge is -2.41. The number of piperidine rings is 1. The van der Waals surface area contributed by atoms with Gasteiger partial charge in [0, 0.05) is 31.8 Å². The van der Waals surface area contributed by atoms with Crippen molar-refractivity contribution in [2.24, 2.45) is 5.92 Å². The van der Waals surface area contributed by atoms with E-state index in [0.29, 0.717) is 18.2 Å². The highest BCUT2D eigenvalue weighted by atomic mass is 16.5. The minimum Gasteiger partial charge on any atom is -0.378 e. The second kappa shape index (κ2) is 7.68. The summed E-state index contributed by atoms with van der Waals surface area (Å²) in [6.45, 7) is 5.30. The Morgan fingerprint density at radius 3 is 2.46 bits per heavy atom. The summed E-state index contributed by atoms with van der Waals surface area (Å²) in [4.78, 5) is 18.3. The number of imidazole rings is 1. The summed E-state index contributed by atoms with van der Waals surface area (Å²) in [6.07, 6.45) is 10.4. The molecule has 1 aromatic heterocycles. The molecule has 0 bridgehead atoms. The Kier molecular flexibility index (Phi) is 5.06. The van der Waals surface area contributed by atoms with E-state index in [2.05, 4.69) is 28.9 Å². The fourth-order valence-corrected chi connectivity index (χ4v) is 5.24. The molecular formula is C23H33N3O2. The van der Waals surface area contributed by atoms with Gasteiger partial charge in [-0.25, -0.2) is 4.79 Å². The fraction of sp³-hybridized carbons (Fsp3) is 0.696. The monoisotopic (exact) mass is 383 g/mol. The summed E-state index contributed by atoms with van der Waals surface area (Å²) < 4.78 is 8.13. The van der Waals surface area contributed by atoms with E-state index in [9.17, 15) is 4.79 Å². The van der Waals surface area contributed by atoms with Crippen LogP contribution in [0.2, 0.25) is 0 Å². The highest BCUT2D eigenvalue weighted by Crippen LogP contribution is 2.33. The first-order chi connectivity index (χ1) is 13.7. The lowest BCUT2D eigenvalue weighted by atomic mass is 9.90. The second-order valence-electron chi connectivity index (χ2n) is 9.30. The van der Waals surface area contributed by atoms with Crippen molar-refractivity contribution in [1.29, 1.82) is 0 Å². The number of H-pyrrole nitrogens is 1. The number of benzene rings is 1. The molecular weight excluding hydrogens is 350 g/mol. The van der Waals surface area contributed by atoms with Gasteiger partial charge in [0.2, 0.25) is 0 Å². The molecule has 2 aromatic rings. The maximum absolute atomic E-state index is 12.6. The van der Waals surface area contributed by atoms with E-state index in [1.54, 1.807) is 0 Å². The summed E-state index contributed by atoms with van der Waals surface area (Å²) in [5.74, 6) is 0.869. The van der Waals surface area contributed by atoms with Crippen molar-refractivity contribution in [3.63, 3.8) is 0 Å². The van der Waals surface area contributed by atoms with Gasteiger partial charge in [0.05, 0.1) is 17.1 Å². The molecule has 28 heavy (non-hydrogen) atoms. The molecule has 5 heteroatoms. The SMILES string of the molecule is Cc1ccc2[nH]c(=O)n(C3CCN([C@H]4CC[C@@H](OCC5CC5)CC4)CC3)c2c1. The largest absolute Gasteiger partial charge is 0.378 e. The van der Waals surface area contributed by atoms with Crippen LogP contribution in [0.1, 0.15) is 63.0 Å². The number of nitrogens with one attached hydrogen (secondary N) is 1. The third-order valence-corrected chi connectivity index (χ3v) is 7.16. The molecule has 0 atom stereocenters. The van der Waals surface area contributed by atoms with Gasteiger partial charge >= 0.3 is 5.69 Å². The Bertz CT molecular complexity index is 866. The van der Waals surface area contributed by atoms with Crippen LogP contribution < -0.4 is 5.69 Å². The van der Waals surface area contributed by atoms with Crippen molar-refractivity contribution in [1.82, 2.24) is 14.5 Å². The summed E-state index contributed by atoms with van der Waals surface area (Å²) in [7, 11) is 0. The Labute approximate surface area is 167 Å². The van der Waals surface area contributed by atoms with Crippen LogP contribution in [0.4, 0.5) is 0 Å². The first-order valence-corrected chi connectivity index (χ1v) is 11.2. The molecule has 3 aliphatic rings. The lowest BCUT2D eigenvalue weighted by Crippen LogP contribution is -2.45. The molecule has 0 unspecified atom stereocenters. The summed E-state index contributed by atoms with van der Waals surface area (Å²) >= 11 is 0. The first-order valence-electron chi connectivity index (χ1n) is 11.2. The second-order valence-corrected chi connectivity index (χ2v) is 9.30. The molecule has 0 radical (unpaired) electrons. The maximum Gasteiger partial charge on any atom is 0.326 e. The van der Waals surface area contributed by atoms with Crippen molar-refractivity contribution in [2.75, 3.05) is 19.7 Å². The minimum atomic E-state index is 0.0485. The lowest BCUT2D eigenvalue weighted by molar-refractivity contribution is -0.00218. The zero-order valence-corrected chi connectivity index (χ0v) is 17.0. The predicted molar refractivity (Wildman–Crippen MR) is 112 cm³/mol. The Morgan fingerprint density at radius 1 is 1.00 bits per heavy atom. The molecule has 2 heterocycles. The Balaban J connectivity index is 1.17. The van der Waals surface area contributed by atoms with Gasteiger partial charge in [-0.3, -0.25) is 4.57 Å². The van der Waals surface area contributed by atoms with Crippen molar-refractivity contribution in [3.05, 3.63) is 34.2 Å². The number of hydrogen-bond acceptors (Lipinski definition) is 3. The van der Waals surface area contributed by atoms with E-state index >= 15 is 0 Å². The van der Waals surface area contributed by atoms with E-state index in [0.717, 1.165) is 49.5 Å². The number of aryl methyl sites for hydroxylation is 1. The number of rotatable bonds is 5. The van der Waals surface area contributed by atoms with Crippen LogP contribution in [0.15, 0.2) is 23.0 Å². The van der Waals surface area contributed by atoms with E-state index in [1.807, 2.05) is 10.6 Å². The van der Waals surface area contributed by atoms with E-state index in [4.69, 9.17) is 4.74 Å². The van der Waals surface area contributed by atoms with E-state index < -0.39 is 0 Å². The molecule has 2 aliphatic carbocycles. The first kappa shape index (κ1) is 18.4. The topological polar surface area (TPSA) is 50.3 Å². The van der Waals surface area contributed by atoms with Gasteiger partial charge in [-0.1, -0.05) is 6.07 Å². The summed E-state index contributed by atoms with van der Waals surface area (Å²) in [6, 6.07) is 7.26. The van der Waals surface area contributed by atoms with E-state index in [1.165, 1.54) is 44.1 Å². The zero-order valence-electron chi connectivity index (χ0n) is 17.0. The molecule has 1 aliphatic heterocycles. The van der Waals surface area contributed by atoms with Crippen LogP contribution in [0.3, 0.4) is 0 Å². The number of ether oxygens (including phenoxy) is 1. The van der Waals surface area contributed by atoms with Crippen LogP contribution in [0.5, 0.6) is 0 Å². The van der Waals surface area contributed by atoms with Gasteiger partial charge in [0.25, 0.3) is 0 Å². The fourth-order valence-electron chi connectivity index (χ4n) is 5.24. The Hall–Kier alpha value is -1.59. The van der Waals surface area contributed by atoms with Crippen molar-refractivity contribution in [3.8, 4) is 0 Å². The van der Waals surface area contributed by atoms with Crippen molar-refractivity contribution >= 4 is 11.0 Å². The van der Waals surface area contributed by atoms with Crippen molar-refractivity contribution in [2.45, 2.75) is 76.5 Å². The average Bonchev–Trinajstić information content (AvgIpc) is 3.49. The smallest absolute Gasteiger partial charge is 0.326 e. The number of fused-ring (bicyclic) bond motifs is 1. The molecule has 0 amide bonds. The van der Waals surface area contributed by atoms with Gasteiger partial charge in [-0.15, -0.1) is 0 Å².